The van der Waals surface area contributed by atoms with Gasteiger partial charge in [-0.05, 0) is 48.5 Å². The molecule has 0 aromatic heterocycles. The van der Waals surface area contributed by atoms with Gasteiger partial charge in [-0.3, -0.25) is 9.52 Å². The molecule has 1 aliphatic rings. The number of rotatable bonds is 5. The van der Waals surface area contributed by atoms with Crippen LogP contribution in [0.3, 0.4) is 0 Å². The highest BCUT2D eigenvalue weighted by Crippen LogP contribution is 2.31. The maximum absolute atomic E-state index is 13.7. The molecule has 3 aromatic rings. The van der Waals surface area contributed by atoms with E-state index in [0.717, 1.165) is 6.07 Å². The van der Waals surface area contributed by atoms with E-state index in [1.54, 1.807) is 24.3 Å². The lowest BCUT2D eigenvalue weighted by Gasteiger charge is -2.25. The number of nitrogens with one attached hydrogen (secondary N) is 2. The number of sulfonamides is 1. The molecular formula is C21H17FN2O5S. The number of halogens is 1. The third kappa shape index (κ3) is 4.20. The molecule has 1 atom stereocenters. The minimum Gasteiger partial charge on any atom is -0.485 e. The van der Waals surface area contributed by atoms with E-state index in [9.17, 15) is 17.6 Å². The molecule has 1 amide bonds. The van der Waals surface area contributed by atoms with Crippen LogP contribution in [-0.4, -0.2) is 27.0 Å². The van der Waals surface area contributed by atoms with Crippen LogP contribution in [0.5, 0.6) is 11.5 Å². The van der Waals surface area contributed by atoms with Crippen molar-refractivity contribution in [3.63, 3.8) is 0 Å². The first-order valence-electron chi connectivity index (χ1n) is 8.99. The summed E-state index contributed by atoms with van der Waals surface area (Å²) < 4.78 is 52.0. The second-order valence-corrected chi connectivity index (χ2v) is 8.15. The summed E-state index contributed by atoms with van der Waals surface area (Å²) in [5.41, 5.74) is 0.233. The molecule has 0 fully saturated rings. The van der Waals surface area contributed by atoms with Gasteiger partial charge >= 0.3 is 0 Å². The first-order chi connectivity index (χ1) is 14.4. The number of hydrogen-bond acceptors (Lipinski definition) is 5. The van der Waals surface area contributed by atoms with Gasteiger partial charge in [0.15, 0.2) is 11.5 Å². The van der Waals surface area contributed by atoms with E-state index in [4.69, 9.17) is 9.47 Å². The van der Waals surface area contributed by atoms with Gasteiger partial charge in [-0.25, -0.2) is 12.8 Å². The van der Waals surface area contributed by atoms with Gasteiger partial charge in [0.05, 0.1) is 10.6 Å². The van der Waals surface area contributed by atoms with Crippen LogP contribution >= 0.6 is 0 Å². The lowest BCUT2D eigenvalue weighted by molar-refractivity contribution is -0.125. The smallest absolute Gasteiger partial charge is 0.269 e. The molecule has 154 valence electrons. The fourth-order valence-electron chi connectivity index (χ4n) is 2.84. The standard InChI is InChI=1S/C21H17FN2O5S/c22-16-5-1-2-6-17(16)24-30(26,27)15-11-9-14(10-12-15)23-21(25)20-13-28-18-7-3-4-8-19(18)29-20/h1-12,20,24H,13H2,(H,23,25)/t20-/m1/s1. The van der Waals surface area contributed by atoms with Crippen molar-refractivity contribution in [3.8, 4) is 11.5 Å². The molecule has 9 heteroatoms. The molecule has 1 heterocycles. The Morgan fingerprint density at radius 3 is 2.33 bits per heavy atom. The quantitative estimate of drug-likeness (QED) is 0.650. The fraction of sp³-hybridized carbons (Fsp3) is 0.0952. The Kier molecular flexibility index (Phi) is 5.28. The Morgan fingerprint density at radius 1 is 0.933 bits per heavy atom. The Bertz CT molecular complexity index is 1180. The highest BCUT2D eigenvalue weighted by molar-refractivity contribution is 7.92. The first-order valence-corrected chi connectivity index (χ1v) is 10.5. The van der Waals surface area contributed by atoms with Crippen LogP contribution in [0, 0.1) is 5.82 Å². The van der Waals surface area contributed by atoms with Gasteiger partial charge in [-0.15, -0.1) is 0 Å². The molecule has 30 heavy (non-hydrogen) atoms. The number of anilines is 2. The molecule has 0 saturated heterocycles. The summed E-state index contributed by atoms with van der Waals surface area (Å²) in [7, 11) is -3.98. The Hall–Kier alpha value is -3.59. The van der Waals surface area contributed by atoms with Crippen molar-refractivity contribution in [2.24, 2.45) is 0 Å². The number of benzene rings is 3. The van der Waals surface area contributed by atoms with E-state index in [0.29, 0.717) is 17.2 Å². The van der Waals surface area contributed by atoms with E-state index in [1.165, 1.54) is 42.5 Å². The summed E-state index contributed by atoms with van der Waals surface area (Å²) in [4.78, 5) is 12.4. The normalized spacial score (nSPS) is 15.3. The highest BCUT2D eigenvalue weighted by Gasteiger charge is 2.27. The van der Waals surface area contributed by atoms with Gasteiger partial charge in [0.25, 0.3) is 15.9 Å². The summed E-state index contributed by atoms with van der Waals surface area (Å²) in [5.74, 6) is -0.0613. The van der Waals surface area contributed by atoms with Gasteiger partial charge < -0.3 is 14.8 Å². The van der Waals surface area contributed by atoms with Gasteiger partial charge in [0.2, 0.25) is 6.10 Å². The zero-order chi connectivity index (χ0) is 21.1. The molecule has 0 unspecified atom stereocenters. The number of carbonyl (C=O) groups excluding carboxylic acids is 1. The zero-order valence-electron chi connectivity index (χ0n) is 15.5. The molecule has 4 rings (SSSR count). The largest absolute Gasteiger partial charge is 0.485 e. The number of carbonyl (C=O) groups is 1. The molecule has 1 aliphatic heterocycles. The third-order valence-corrected chi connectivity index (χ3v) is 5.73. The van der Waals surface area contributed by atoms with Crippen LogP contribution in [0.1, 0.15) is 0 Å². The highest BCUT2D eigenvalue weighted by atomic mass is 32.2. The van der Waals surface area contributed by atoms with Crippen molar-refractivity contribution in [1.82, 2.24) is 0 Å². The van der Waals surface area contributed by atoms with Gasteiger partial charge in [0, 0.05) is 5.69 Å². The van der Waals surface area contributed by atoms with E-state index in [-0.39, 0.29) is 17.2 Å². The minimum atomic E-state index is -3.98. The topological polar surface area (TPSA) is 93.7 Å². The number of para-hydroxylation sites is 3. The maximum atomic E-state index is 13.7. The van der Waals surface area contributed by atoms with Crippen molar-refractivity contribution in [1.29, 1.82) is 0 Å². The van der Waals surface area contributed by atoms with Crippen molar-refractivity contribution in [2.75, 3.05) is 16.6 Å². The molecule has 0 bridgehead atoms. The van der Waals surface area contributed by atoms with E-state index >= 15 is 0 Å². The van der Waals surface area contributed by atoms with Crippen molar-refractivity contribution in [3.05, 3.63) is 78.6 Å². The Morgan fingerprint density at radius 2 is 1.60 bits per heavy atom. The van der Waals surface area contributed by atoms with E-state index in [2.05, 4.69) is 10.0 Å². The predicted molar refractivity (Wildman–Crippen MR) is 109 cm³/mol. The molecule has 2 N–H and O–H groups in total. The summed E-state index contributed by atoms with van der Waals surface area (Å²) in [6.45, 7) is 0.0574. The number of hydrogen-bond donors (Lipinski definition) is 2. The lowest BCUT2D eigenvalue weighted by Crippen LogP contribution is -2.40. The van der Waals surface area contributed by atoms with Gasteiger partial charge in [-0.1, -0.05) is 24.3 Å². The number of amides is 1. The molecular weight excluding hydrogens is 411 g/mol. The molecule has 7 nitrogen and oxygen atoms in total. The minimum absolute atomic E-state index is 0.0574. The number of fused-ring (bicyclic) bond motifs is 1. The van der Waals surface area contributed by atoms with Crippen LogP contribution in [0.2, 0.25) is 0 Å². The van der Waals surface area contributed by atoms with Crippen LogP contribution in [0.4, 0.5) is 15.8 Å². The molecule has 3 aromatic carbocycles. The lowest BCUT2D eigenvalue weighted by atomic mass is 10.2. The Labute approximate surface area is 172 Å². The average molecular weight is 428 g/mol. The summed E-state index contributed by atoms with van der Waals surface area (Å²) in [6.07, 6.45) is -0.842. The number of ether oxygens (including phenoxy) is 2. The molecule has 0 radical (unpaired) electrons. The van der Waals surface area contributed by atoms with Crippen LogP contribution in [0.25, 0.3) is 0 Å². The molecule has 0 aliphatic carbocycles. The zero-order valence-corrected chi connectivity index (χ0v) is 16.4. The second-order valence-electron chi connectivity index (χ2n) is 6.46. The van der Waals surface area contributed by atoms with Crippen LogP contribution < -0.4 is 19.5 Å². The molecule has 0 spiro atoms. The monoisotopic (exact) mass is 428 g/mol. The van der Waals surface area contributed by atoms with Crippen molar-refractivity contribution < 1.29 is 27.1 Å². The predicted octanol–water partition coefficient (Wildman–Crippen LogP) is 3.41. The van der Waals surface area contributed by atoms with Crippen LogP contribution in [-0.2, 0) is 14.8 Å². The third-order valence-electron chi connectivity index (χ3n) is 4.35. The van der Waals surface area contributed by atoms with Crippen LogP contribution in [0.15, 0.2) is 77.7 Å². The fourth-order valence-corrected chi connectivity index (χ4v) is 3.90. The van der Waals surface area contributed by atoms with Gasteiger partial charge in [-0.2, -0.15) is 0 Å². The van der Waals surface area contributed by atoms with Crippen molar-refractivity contribution >= 4 is 27.3 Å². The summed E-state index contributed by atoms with van der Waals surface area (Å²) in [6, 6.07) is 18.0. The Balaban J connectivity index is 1.42. The second kappa shape index (κ2) is 8.03. The van der Waals surface area contributed by atoms with Gasteiger partial charge in [0.1, 0.15) is 12.4 Å². The molecule has 0 saturated carbocycles. The van der Waals surface area contributed by atoms with Crippen molar-refractivity contribution in [2.45, 2.75) is 11.0 Å². The van der Waals surface area contributed by atoms with E-state index in [1.807, 2.05) is 0 Å². The summed E-state index contributed by atoms with van der Waals surface area (Å²) >= 11 is 0. The maximum Gasteiger partial charge on any atom is 0.269 e. The SMILES string of the molecule is O=C(Nc1ccc(S(=O)(=O)Nc2ccccc2F)cc1)[C@H]1COc2ccccc2O1. The van der Waals surface area contributed by atoms with E-state index < -0.39 is 27.9 Å². The summed E-state index contributed by atoms with van der Waals surface area (Å²) in [5, 5.41) is 2.66. The first kappa shape index (κ1) is 19.7. The average Bonchev–Trinajstić information content (AvgIpc) is 2.75.